The number of aliphatic carboxylic acids is 1. The zero-order valence-electron chi connectivity index (χ0n) is 11.8. The zero-order valence-corrected chi connectivity index (χ0v) is 11.8. The van der Waals surface area contributed by atoms with Crippen molar-refractivity contribution in [1.82, 2.24) is 5.32 Å². The monoisotopic (exact) mass is 305 g/mol. The Kier molecular flexibility index (Phi) is 4.94. The lowest BCUT2D eigenvalue weighted by Gasteiger charge is -2.26. The van der Waals surface area contributed by atoms with E-state index in [0.717, 1.165) is 12.1 Å². The molecule has 6 nitrogen and oxygen atoms in total. The van der Waals surface area contributed by atoms with Crippen LogP contribution in [0.4, 0.5) is 14.9 Å². The first-order chi connectivity index (χ1) is 10.5. The molecule has 0 heterocycles. The highest BCUT2D eigenvalue weighted by Crippen LogP contribution is 2.24. The molecule has 1 fully saturated rings. The second-order valence-electron chi connectivity index (χ2n) is 5.29. The quantitative estimate of drug-likeness (QED) is 0.798. The Hall–Kier alpha value is -2.62. The Morgan fingerprint density at radius 3 is 2.55 bits per heavy atom. The number of carboxylic acid groups (broad SMARTS) is 1. The lowest BCUT2D eigenvalue weighted by atomic mass is 9.86. The van der Waals surface area contributed by atoms with Crippen LogP contribution in [0.1, 0.15) is 31.2 Å². The topological polar surface area (TPSA) is 102 Å². The number of halogens is 1. The van der Waals surface area contributed by atoms with Crippen LogP contribution in [0.3, 0.4) is 0 Å². The van der Waals surface area contributed by atoms with Crippen molar-refractivity contribution in [2.45, 2.75) is 31.7 Å². The number of anilines is 1. The average molecular weight is 305 g/mol. The Morgan fingerprint density at radius 1 is 1.27 bits per heavy atom. The number of rotatable bonds is 3. The van der Waals surface area contributed by atoms with E-state index in [4.69, 9.17) is 10.4 Å². The van der Waals surface area contributed by atoms with Crippen molar-refractivity contribution in [3.63, 3.8) is 0 Å². The van der Waals surface area contributed by atoms with Crippen LogP contribution < -0.4 is 10.6 Å². The van der Waals surface area contributed by atoms with Gasteiger partial charge in [-0.1, -0.05) is 0 Å². The minimum atomic E-state index is -0.798. The zero-order chi connectivity index (χ0) is 16.1. The average Bonchev–Trinajstić information content (AvgIpc) is 2.49. The lowest BCUT2D eigenvalue weighted by Crippen LogP contribution is -2.41. The van der Waals surface area contributed by atoms with Crippen LogP contribution in [-0.2, 0) is 4.79 Å². The molecule has 1 aromatic rings. The Labute approximate surface area is 126 Å². The molecule has 2 rings (SSSR count). The molecule has 7 heteroatoms. The summed E-state index contributed by atoms with van der Waals surface area (Å²) in [5, 5.41) is 23.1. The molecule has 0 aromatic heterocycles. The normalized spacial score (nSPS) is 20.7. The molecule has 1 aliphatic rings. The van der Waals surface area contributed by atoms with Gasteiger partial charge in [0.15, 0.2) is 0 Å². The van der Waals surface area contributed by atoms with Gasteiger partial charge in [-0.3, -0.25) is 4.79 Å². The molecule has 0 atom stereocenters. The number of nitrogens with one attached hydrogen (secondary N) is 2. The number of nitriles is 1. The Morgan fingerprint density at radius 2 is 1.95 bits per heavy atom. The minimum Gasteiger partial charge on any atom is -0.481 e. The van der Waals surface area contributed by atoms with Crippen LogP contribution in [-0.4, -0.2) is 23.1 Å². The predicted molar refractivity (Wildman–Crippen MR) is 76.7 cm³/mol. The molecule has 1 aliphatic carbocycles. The molecule has 1 saturated carbocycles. The molecule has 0 radical (unpaired) electrons. The first kappa shape index (κ1) is 15.8. The highest BCUT2D eigenvalue weighted by Gasteiger charge is 2.26. The van der Waals surface area contributed by atoms with Gasteiger partial charge >= 0.3 is 12.0 Å². The third-order valence-corrected chi connectivity index (χ3v) is 3.76. The molecule has 0 aliphatic heterocycles. The number of carboxylic acids is 1. The van der Waals surface area contributed by atoms with Crippen molar-refractivity contribution >= 4 is 17.7 Å². The predicted octanol–water partition coefficient (Wildman–Crippen LogP) is 2.46. The van der Waals surface area contributed by atoms with Crippen molar-refractivity contribution in [2.24, 2.45) is 5.92 Å². The molecular formula is C15H16FN3O3. The maximum absolute atomic E-state index is 13.0. The summed E-state index contributed by atoms with van der Waals surface area (Å²) in [6, 6.07) is 4.77. The number of benzene rings is 1. The van der Waals surface area contributed by atoms with Gasteiger partial charge in [0.25, 0.3) is 0 Å². The number of hydrogen-bond acceptors (Lipinski definition) is 3. The Bertz CT molecular complexity index is 619. The van der Waals surface area contributed by atoms with Gasteiger partial charge in [-0.05, 0) is 43.9 Å². The first-order valence-corrected chi connectivity index (χ1v) is 6.99. The summed E-state index contributed by atoms with van der Waals surface area (Å²) >= 11 is 0. The van der Waals surface area contributed by atoms with Crippen LogP contribution in [0.25, 0.3) is 0 Å². The molecule has 0 spiro atoms. The smallest absolute Gasteiger partial charge is 0.319 e. The fourth-order valence-electron chi connectivity index (χ4n) is 2.55. The molecule has 3 N–H and O–H groups in total. The number of carbonyl (C=O) groups is 2. The summed E-state index contributed by atoms with van der Waals surface area (Å²) < 4.78 is 13.0. The number of hydrogen-bond donors (Lipinski definition) is 3. The summed E-state index contributed by atoms with van der Waals surface area (Å²) in [5.74, 6) is -1.69. The fourth-order valence-corrected chi connectivity index (χ4v) is 2.55. The molecule has 2 amide bonds. The summed E-state index contributed by atoms with van der Waals surface area (Å²) in [7, 11) is 0. The standard InChI is InChI=1S/C15H16FN3O3/c16-11-3-6-13(10(7-11)8-17)19-15(22)18-12-4-1-9(2-5-12)14(20)21/h3,6-7,9,12H,1-2,4-5H2,(H,20,21)(H2,18,19,22). The number of carbonyl (C=O) groups excluding carboxylic acids is 1. The summed E-state index contributed by atoms with van der Waals surface area (Å²) in [6.07, 6.45) is 2.25. The van der Waals surface area contributed by atoms with Crippen LogP contribution in [0.15, 0.2) is 18.2 Å². The third kappa shape index (κ3) is 3.95. The van der Waals surface area contributed by atoms with Gasteiger partial charge in [-0.25, -0.2) is 9.18 Å². The largest absolute Gasteiger partial charge is 0.481 e. The van der Waals surface area contributed by atoms with Crippen molar-refractivity contribution < 1.29 is 19.1 Å². The Balaban J connectivity index is 1.89. The van der Waals surface area contributed by atoms with Crippen molar-refractivity contribution in [3.05, 3.63) is 29.6 Å². The van der Waals surface area contributed by atoms with Gasteiger partial charge < -0.3 is 15.7 Å². The van der Waals surface area contributed by atoms with Crippen LogP contribution in [0.5, 0.6) is 0 Å². The van der Waals surface area contributed by atoms with E-state index in [1.54, 1.807) is 0 Å². The van der Waals surface area contributed by atoms with Crippen molar-refractivity contribution in [1.29, 1.82) is 5.26 Å². The molecule has 0 unspecified atom stereocenters. The van der Waals surface area contributed by atoms with E-state index in [-0.39, 0.29) is 23.2 Å². The van der Waals surface area contributed by atoms with Gasteiger partial charge in [0, 0.05) is 6.04 Å². The van der Waals surface area contributed by atoms with E-state index < -0.39 is 17.8 Å². The molecule has 1 aromatic carbocycles. The molecular weight excluding hydrogens is 289 g/mol. The third-order valence-electron chi connectivity index (χ3n) is 3.76. The van der Waals surface area contributed by atoms with Crippen molar-refractivity contribution in [2.75, 3.05) is 5.32 Å². The van der Waals surface area contributed by atoms with Crippen LogP contribution in [0.2, 0.25) is 0 Å². The molecule has 22 heavy (non-hydrogen) atoms. The fraction of sp³-hybridized carbons (Fsp3) is 0.400. The highest BCUT2D eigenvalue weighted by molar-refractivity contribution is 5.90. The lowest BCUT2D eigenvalue weighted by molar-refractivity contribution is -0.142. The second-order valence-corrected chi connectivity index (χ2v) is 5.29. The number of urea groups is 1. The maximum Gasteiger partial charge on any atom is 0.319 e. The SMILES string of the molecule is N#Cc1cc(F)ccc1NC(=O)NC1CCC(C(=O)O)CC1. The summed E-state index contributed by atoms with van der Waals surface area (Å²) in [5.41, 5.74) is 0.283. The van der Waals surface area contributed by atoms with Gasteiger partial charge in [0.1, 0.15) is 11.9 Å². The highest BCUT2D eigenvalue weighted by atomic mass is 19.1. The van der Waals surface area contributed by atoms with E-state index in [9.17, 15) is 14.0 Å². The first-order valence-electron chi connectivity index (χ1n) is 6.99. The van der Waals surface area contributed by atoms with Gasteiger partial charge in [-0.2, -0.15) is 5.26 Å². The summed E-state index contributed by atoms with van der Waals surface area (Å²) in [4.78, 5) is 22.8. The van der Waals surface area contributed by atoms with Gasteiger partial charge in [0.2, 0.25) is 0 Å². The van der Waals surface area contributed by atoms with E-state index in [2.05, 4.69) is 10.6 Å². The van der Waals surface area contributed by atoms with E-state index in [1.807, 2.05) is 6.07 Å². The molecule has 0 bridgehead atoms. The van der Waals surface area contributed by atoms with E-state index >= 15 is 0 Å². The molecule has 0 saturated heterocycles. The van der Waals surface area contributed by atoms with E-state index in [0.29, 0.717) is 25.7 Å². The van der Waals surface area contributed by atoms with Crippen LogP contribution in [0, 0.1) is 23.1 Å². The minimum absolute atomic E-state index is 0.0461. The van der Waals surface area contributed by atoms with Crippen LogP contribution >= 0.6 is 0 Å². The van der Waals surface area contributed by atoms with Gasteiger partial charge in [-0.15, -0.1) is 0 Å². The number of nitrogens with zero attached hydrogens (tertiary/aromatic N) is 1. The second kappa shape index (κ2) is 6.89. The summed E-state index contributed by atoms with van der Waals surface area (Å²) in [6.45, 7) is 0. The van der Waals surface area contributed by atoms with E-state index in [1.165, 1.54) is 6.07 Å². The molecule has 116 valence electrons. The number of amides is 2. The van der Waals surface area contributed by atoms with Gasteiger partial charge in [0.05, 0.1) is 17.2 Å². The van der Waals surface area contributed by atoms with Crippen molar-refractivity contribution in [3.8, 4) is 6.07 Å². The maximum atomic E-state index is 13.0.